The molecule has 0 saturated heterocycles. The van der Waals surface area contributed by atoms with Crippen LogP contribution < -0.4 is 0 Å². The highest BCUT2D eigenvalue weighted by molar-refractivity contribution is 6.19. The maximum absolute atomic E-state index is 6.45. The van der Waals surface area contributed by atoms with Crippen LogP contribution in [0.1, 0.15) is 25.0 Å². The number of furan rings is 1. The van der Waals surface area contributed by atoms with Crippen molar-refractivity contribution in [2.75, 3.05) is 0 Å². The second-order valence-corrected chi connectivity index (χ2v) is 14.6. The largest absolute Gasteiger partial charge is 0.455 e. The monoisotopic (exact) mass is 692 g/mol. The Morgan fingerprint density at radius 1 is 0.444 bits per heavy atom. The molecule has 5 heteroatoms. The fourth-order valence-electron chi connectivity index (χ4n) is 8.41. The number of benzene rings is 7. The summed E-state index contributed by atoms with van der Waals surface area (Å²) in [5.74, 6) is 1.90. The SMILES string of the molecule is CC1(C)c2ccccc2-c2ccc(-c3nc(-c4ccc(-c5nc6ccccc6c6oc7ccccc7c56)cc4)nc(-c4cccc5ccccc45)n3)cc21. The molecule has 7 aromatic carbocycles. The normalized spacial score (nSPS) is 13.1. The van der Waals surface area contributed by atoms with Crippen molar-refractivity contribution in [2.24, 2.45) is 0 Å². The van der Waals surface area contributed by atoms with E-state index < -0.39 is 0 Å². The van der Waals surface area contributed by atoms with Gasteiger partial charge in [0.25, 0.3) is 0 Å². The number of hydrogen-bond acceptors (Lipinski definition) is 5. The lowest BCUT2D eigenvalue weighted by atomic mass is 9.82. The molecule has 5 nitrogen and oxygen atoms in total. The number of rotatable bonds is 4. The lowest BCUT2D eigenvalue weighted by Gasteiger charge is -2.21. The molecule has 3 heterocycles. The third kappa shape index (κ3) is 4.58. The van der Waals surface area contributed by atoms with Crippen LogP contribution in [0.5, 0.6) is 0 Å². The van der Waals surface area contributed by atoms with E-state index in [-0.39, 0.29) is 5.41 Å². The summed E-state index contributed by atoms with van der Waals surface area (Å²) in [7, 11) is 0. The van der Waals surface area contributed by atoms with Gasteiger partial charge < -0.3 is 4.42 Å². The summed E-state index contributed by atoms with van der Waals surface area (Å²) < 4.78 is 6.45. The maximum Gasteiger partial charge on any atom is 0.164 e. The van der Waals surface area contributed by atoms with Gasteiger partial charge in [-0.1, -0.05) is 147 Å². The first-order valence-electron chi connectivity index (χ1n) is 18.3. The number of pyridine rings is 1. The Morgan fingerprint density at radius 2 is 1.06 bits per heavy atom. The summed E-state index contributed by atoms with van der Waals surface area (Å²) >= 11 is 0. The highest BCUT2D eigenvalue weighted by atomic mass is 16.3. The smallest absolute Gasteiger partial charge is 0.164 e. The molecule has 0 radical (unpaired) electrons. The van der Waals surface area contributed by atoms with Gasteiger partial charge in [0, 0.05) is 38.4 Å². The lowest BCUT2D eigenvalue weighted by molar-refractivity contribution is 0.660. The van der Waals surface area contributed by atoms with Crippen molar-refractivity contribution in [1.82, 2.24) is 19.9 Å². The molecular formula is C49H32N4O. The van der Waals surface area contributed by atoms with Gasteiger partial charge in [-0.3, -0.25) is 0 Å². The molecule has 0 saturated carbocycles. The van der Waals surface area contributed by atoms with Gasteiger partial charge in [-0.2, -0.15) is 0 Å². The van der Waals surface area contributed by atoms with Gasteiger partial charge in [0.1, 0.15) is 11.2 Å². The van der Waals surface area contributed by atoms with E-state index >= 15 is 0 Å². The number of para-hydroxylation sites is 2. The number of fused-ring (bicyclic) bond motifs is 9. The standard InChI is InChI=1S/C49H32N4O/c1-49(2)39-19-8-5-15-34(39)35-27-26-32(28-40(35)49)47-51-46(52-48(53-47)36-18-11-13-29-12-3-4-14-33(29)36)31-24-22-30(23-25-31)44-43-38-17-7-10-21-42(38)54-45(43)37-16-6-9-20-41(37)50-44/h3-28H,1-2H3. The Labute approximate surface area is 311 Å². The molecule has 0 amide bonds. The molecule has 254 valence electrons. The molecule has 0 fully saturated rings. The van der Waals surface area contributed by atoms with Crippen LogP contribution >= 0.6 is 0 Å². The minimum atomic E-state index is -0.144. The Balaban J connectivity index is 1.08. The van der Waals surface area contributed by atoms with E-state index in [1.807, 2.05) is 36.4 Å². The predicted molar refractivity (Wildman–Crippen MR) is 219 cm³/mol. The van der Waals surface area contributed by atoms with Crippen molar-refractivity contribution in [3.8, 4) is 56.5 Å². The summed E-state index contributed by atoms with van der Waals surface area (Å²) in [5.41, 5.74) is 12.3. The molecule has 10 aromatic rings. The summed E-state index contributed by atoms with van der Waals surface area (Å²) in [6, 6.07) is 54.8. The second-order valence-electron chi connectivity index (χ2n) is 14.6. The molecule has 0 spiro atoms. The van der Waals surface area contributed by atoms with Crippen LogP contribution in [0, 0.1) is 0 Å². The minimum absolute atomic E-state index is 0.144. The van der Waals surface area contributed by atoms with Crippen LogP contribution in [0.3, 0.4) is 0 Å². The van der Waals surface area contributed by atoms with E-state index in [1.54, 1.807) is 0 Å². The van der Waals surface area contributed by atoms with E-state index in [1.165, 1.54) is 22.3 Å². The third-order valence-corrected chi connectivity index (χ3v) is 11.1. The maximum atomic E-state index is 6.45. The molecule has 0 bridgehead atoms. The van der Waals surface area contributed by atoms with Gasteiger partial charge in [0.2, 0.25) is 0 Å². The van der Waals surface area contributed by atoms with Crippen molar-refractivity contribution in [2.45, 2.75) is 19.3 Å². The zero-order chi connectivity index (χ0) is 36.0. The number of aromatic nitrogens is 4. The van der Waals surface area contributed by atoms with Crippen molar-refractivity contribution in [1.29, 1.82) is 0 Å². The zero-order valence-corrected chi connectivity index (χ0v) is 29.7. The van der Waals surface area contributed by atoms with Crippen molar-refractivity contribution >= 4 is 43.6 Å². The Kier molecular flexibility index (Phi) is 6.53. The van der Waals surface area contributed by atoms with Crippen molar-refractivity contribution in [3.05, 3.63) is 169 Å². The molecule has 1 aliphatic carbocycles. The first-order chi connectivity index (χ1) is 26.5. The topological polar surface area (TPSA) is 64.7 Å². The summed E-state index contributed by atoms with van der Waals surface area (Å²) in [5, 5.41) is 5.30. The van der Waals surface area contributed by atoms with Gasteiger partial charge in [-0.25, -0.2) is 19.9 Å². The molecular weight excluding hydrogens is 661 g/mol. The molecule has 0 unspecified atom stereocenters. The van der Waals surface area contributed by atoms with Crippen LogP contribution in [-0.2, 0) is 5.41 Å². The summed E-state index contributed by atoms with van der Waals surface area (Å²) in [6.07, 6.45) is 0. The fourth-order valence-corrected chi connectivity index (χ4v) is 8.41. The fraction of sp³-hybridized carbons (Fsp3) is 0.0612. The van der Waals surface area contributed by atoms with Gasteiger partial charge in [-0.15, -0.1) is 0 Å². The molecule has 54 heavy (non-hydrogen) atoms. The Hall–Kier alpha value is -6.98. The van der Waals surface area contributed by atoms with Crippen LogP contribution in [-0.4, -0.2) is 19.9 Å². The summed E-state index contributed by atoms with van der Waals surface area (Å²) in [4.78, 5) is 20.7. The average Bonchev–Trinajstić information content (AvgIpc) is 3.73. The molecule has 11 rings (SSSR count). The van der Waals surface area contributed by atoms with Crippen LogP contribution in [0.25, 0.3) is 100 Å². The highest BCUT2D eigenvalue weighted by Crippen LogP contribution is 2.49. The van der Waals surface area contributed by atoms with Gasteiger partial charge in [0.15, 0.2) is 17.5 Å². The first-order valence-corrected chi connectivity index (χ1v) is 18.3. The molecule has 0 aliphatic heterocycles. The second kappa shape index (κ2) is 11.5. The average molecular weight is 693 g/mol. The molecule has 0 atom stereocenters. The van der Waals surface area contributed by atoms with Gasteiger partial charge >= 0.3 is 0 Å². The number of nitrogens with zero attached hydrogens (tertiary/aromatic N) is 4. The summed E-state index contributed by atoms with van der Waals surface area (Å²) in [6.45, 7) is 4.60. The van der Waals surface area contributed by atoms with Crippen LogP contribution in [0.4, 0.5) is 0 Å². The van der Waals surface area contributed by atoms with E-state index in [0.717, 1.165) is 71.6 Å². The van der Waals surface area contributed by atoms with E-state index in [4.69, 9.17) is 24.4 Å². The molecule has 0 N–H and O–H groups in total. The number of hydrogen-bond donors (Lipinski definition) is 0. The van der Waals surface area contributed by atoms with E-state index in [0.29, 0.717) is 17.5 Å². The van der Waals surface area contributed by atoms with Gasteiger partial charge in [0.05, 0.1) is 16.6 Å². The third-order valence-electron chi connectivity index (χ3n) is 11.1. The predicted octanol–water partition coefficient (Wildman–Crippen LogP) is 12.4. The van der Waals surface area contributed by atoms with Crippen LogP contribution in [0.15, 0.2) is 162 Å². The first kappa shape index (κ1) is 30.6. The quantitative estimate of drug-likeness (QED) is 0.184. The van der Waals surface area contributed by atoms with Crippen molar-refractivity contribution in [3.63, 3.8) is 0 Å². The van der Waals surface area contributed by atoms with Gasteiger partial charge in [-0.05, 0) is 57.3 Å². The van der Waals surface area contributed by atoms with E-state index in [9.17, 15) is 0 Å². The molecule has 3 aromatic heterocycles. The zero-order valence-electron chi connectivity index (χ0n) is 29.7. The molecule has 1 aliphatic rings. The Bertz CT molecular complexity index is 3130. The lowest BCUT2D eigenvalue weighted by Crippen LogP contribution is -2.15. The Morgan fingerprint density at radius 3 is 1.93 bits per heavy atom. The minimum Gasteiger partial charge on any atom is -0.455 e. The highest BCUT2D eigenvalue weighted by Gasteiger charge is 2.35. The van der Waals surface area contributed by atoms with Crippen molar-refractivity contribution < 1.29 is 4.42 Å². The van der Waals surface area contributed by atoms with E-state index in [2.05, 4.69) is 135 Å². The van der Waals surface area contributed by atoms with Crippen LogP contribution in [0.2, 0.25) is 0 Å².